The molecule has 0 spiro atoms. The summed E-state index contributed by atoms with van der Waals surface area (Å²) in [6.07, 6.45) is 0.839. The van der Waals surface area contributed by atoms with E-state index < -0.39 is 6.04 Å². The van der Waals surface area contributed by atoms with Gasteiger partial charge >= 0.3 is 0 Å². The van der Waals surface area contributed by atoms with Crippen LogP contribution >= 0.6 is 15.9 Å². The summed E-state index contributed by atoms with van der Waals surface area (Å²) in [7, 11) is 0. The highest BCUT2D eigenvalue weighted by molar-refractivity contribution is 9.10. The zero-order chi connectivity index (χ0) is 23.0. The fourth-order valence-electron chi connectivity index (χ4n) is 3.09. The normalized spacial score (nSPS) is 12.2. The van der Waals surface area contributed by atoms with Gasteiger partial charge in [-0.3, -0.25) is 9.59 Å². The molecule has 0 saturated carbocycles. The Morgan fingerprint density at radius 3 is 2.39 bits per heavy atom. The molecule has 1 atom stereocenters. The number of halogens is 1. The molecule has 2 aromatic rings. The first-order valence-corrected chi connectivity index (χ1v) is 11.5. The summed E-state index contributed by atoms with van der Waals surface area (Å²) >= 11 is 3.46. The topological polar surface area (TPSA) is 58.6 Å². The van der Waals surface area contributed by atoms with Gasteiger partial charge in [-0.2, -0.15) is 0 Å². The molecular formula is C25H33BrN2O3. The summed E-state index contributed by atoms with van der Waals surface area (Å²) in [5.41, 5.74) is 2.19. The average Bonchev–Trinajstić information content (AvgIpc) is 2.73. The molecule has 6 heteroatoms. The highest BCUT2D eigenvalue weighted by Gasteiger charge is 2.26. The molecule has 2 amide bonds. The monoisotopic (exact) mass is 488 g/mol. The second kappa shape index (κ2) is 11.3. The van der Waals surface area contributed by atoms with Crippen LogP contribution < -0.4 is 10.1 Å². The largest absolute Gasteiger partial charge is 0.484 e. The number of nitrogens with zero attached hydrogens (tertiary/aromatic N) is 1. The fourth-order valence-corrected chi connectivity index (χ4v) is 3.54. The molecule has 31 heavy (non-hydrogen) atoms. The molecule has 0 saturated heterocycles. The van der Waals surface area contributed by atoms with Crippen molar-refractivity contribution in [2.75, 3.05) is 13.2 Å². The van der Waals surface area contributed by atoms with Gasteiger partial charge in [0.15, 0.2) is 6.61 Å². The van der Waals surface area contributed by atoms with E-state index in [1.807, 2.05) is 55.5 Å². The molecule has 0 unspecified atom stereocenters. The van der Waals surface area contributed by atoms with Crippen LogP contribution in [0.3, 0.4) is 0 Å². The molecule has 1 N–H and O–H groups in total. The van der Waals surface area contributed by atoms with Crippen molar-refractivity contribution in [3.63, 3.8) is 0 Å². The lowest BCUT2D eigenvalue weighted by molar-refractivity contribution is -0.142. The third kappa shape index (κ3) is 7.69. The highest BCUT2D eigenvalue weighted by Crippen LogP contribution is 2.24. The molecule has 5 nitrogen and oxygen atoms in total. The van der Waals surface area contributed by atoms with Gasteiger partial charge < -0.3 is 15.0 Å². The molecule has 0 aliphatic carbocycles. The van der Waals surface area contributed by atoms with Crippen molar-refractivity contribution in [3.05, 3.63) is 64.1 Å². The third-order valence-electron chi connectivity index (χ3n) is 5.04. The quantitative estimate of drug-likeness (QED) is 0.535. The summed E-state index contributed by atoms with van der Waals surface area (Å²) in [5.74, 6) is 0.227. The Balaban J connectivity index is 2.12. The molecule has 2 aromatic carbocycles. The van der Waals surface area contributed by atoms with Crippen molar-refractivity contribution in [3.8, 4) is 5.75 Å². The average molecular weight is 489 g/mol. The second-order valence-corrected chi connectivity index (χ2v) is 9.60. The van der Waals surface area contributed by atoms with E-state index in [0.29, 0.717) is 18.8 Å². The number of hydrogen-bond donors (Lipinski definition) is 1. The van der Waals surface area contributed by atoms with Crippen molar-refractivity contribution in [1.29, 1.82) is 0 Å². The van der Waals surface area contributed by atoms with E-state index in [4.69, 9.17) is 4.74 Å². The standard InChI is InChI=1S/C25H33BrN2O3/c1-6-14-27-24(30)18(2)28(16-19-8-7-9-21(26)15-19)23(29)17-31-22-12-10-20(11-13-22)25(3,4)5/h7-13,15,18H,6,14,16-17H2,1-5H3,(H,27,30)/t18-/m0/s1. The molecule has 168 valence electrons. The van der Waals surface area contributed by atoms with Crippen LogP contribution in [0.15, 0.2) is 53.0 Å². The lowest BCUT2D eigenvalue weighted by Crippen LogP contribution is -2.49. The van der Waals surface area contributed by atoms with Crippen LogP contribution in [0.25, 0.3) is 0 Å². The van der Waals surface area contributed by atoms with Gasteiger partial charge in [-0.1, -0.05) is 67.9 Å². The predicted molar refractivity (Wildman–Crippen MR) is 128 cm³/mol. The van der Waals surface area contributed by atoms with E-state index in [-0.39, 0.29) is 23.8 Å². The second-order valence-electron chi connectivity index (χ2n) is 8.68. The van der Waals surface area contributed by atoms with Crippen LogP contribution in [-0.2, 0) is 21.5 Å². The number of carbonyl (C=O) groups is 2. The van der Waals surface area contributed by atoms with Crippen molar-refractivity contribution >= 4 is 27.7 Å². The maximum atomic E-state index is 13.1. The van der Waals surface area contributed by atoms with Crippen molar-refractivity contribution in [2.24, 2.45) is 0 Å². The van der Waals surface area contributed by atoms with Gasteiger partial charge in [0.25, 0.3) is 5.91 Å². The van der Waals surface area contributed by atoms with Crippen LogP contribution in [0, 0.1) is 0 Å². The number of rotatable bonds is 9. The Hall–Kier alpha value is -2.34. The van der Waals surface area contributed by atoms with E-state index in [0.717, 1.165) is 16.5 Å². The van der Waals surface area contributed by atoms with Gasteiger partial charge in [0.1, 0.15) is 11.8 Å². The van der Waals surface area contributed by atoms with Gasteiger partial charge in [-0.25, -0.2) is 0 Å². The van der Waals surface area contributed by atoms with Crippen LogP contribution in [-0.4, -0.2) is 35.9 Å². The van der Waals surface area contributed by atoms with Gasteiger partial charge in [-0.05, 0) is 54.2 Å². The zero-order valence-electron chi connectivity index (χ0n) is 19.1. The van der Waals surface area contributed by atoms with Crippen molar-refractivity contribution in [2.45, 2.75) is 59.0 Å². The molecule has 0 aliphatic rings. The van der Waals surface area contributed by atoms with Gasteiger partial charge in [0.2, 0.25) is 5.91 Å². The van der Waals surface area contributed by atoms with Gasteiger partial charge in [-0.15, -0.1) is 0 Å². The smallest absolute Gasteiger partial charge is 0.261 e. The number of carbonyl (C=O) groups excluding carboxylic acids is 2. The van der Waals surface area contributed by atoms with E-state index in [1.54, 1.807) is 11.8 Å². The molecule has 2 rings (SSSR count). The Kier molecular flexibility index (Phi) is 9.11. The Morgan fingerprint density at radius 2 is 1.81 bits per heavy atom. The number of benzene rings is 2. The SMILES string of the molecule is CCCNC(=O)[C@H](C)N(Cc1cccc(Br)c1)C(=O)COc1ccc(C(C)(C)C)cc1. The fraction of sp³-hybridized carbons (Fsp3) is 0.440. The lowest BCUT2D eigenvalue weighted by atomic mass is 9.87. The summed E-state index contributed by atoms with van der Waals surface area (Å²) in [6.45, 7) is 11.0. The minimum atomic E-state index is -0.607. The molecule has 0 heterocycles. The van der Waals surface area contributed by atoms with Crippen LogP contribution in [0.1, 0.15) is 52.2 Å². The van der Waals surface area contributed by atoms with Crippen molar-refractivity contribution in [1.82, 2.24) is 10.2 Å². The van der Waals surface area contributed by atoms with E-state index in [9.17, 15) is 9.59 Å². The molecule has 0 aliphatic heterocycles. The van der Waals surface area contributed by atoms with E-state index >= 15 is 0 Å². The lowest BCUT2D eigenvalue weighted by Gasteiger charge is -2.29. The first-order chi connectivity index (χ1) is 14.6. The number of nitrogens with one attached hydrogen (secondary N) is 1. The summed E-state index contributed by atoms with van der Waals surface area (Å²) < 4.78 is 6.68. The summed E-state index contributed by atoms with van der Waals surface area (Å²) in [5, 5.41) is 2.88. The maximum absolute atomic E-state index is 13.1. The highest BCUT2D eigenvalue weighted by atomic mass is 79.9. The Morgan fingerprint density at radius 1 is 1.13 bits per heavy atom. The molecule has 0 aromatic heterocycles. The minimum Gasteiger partial charge on any atom is -0.484 e. The Labute approximate surface area is 194 Å². The molecular weight excluding hydrogens is 456 g/mol. The van der Waals surface area contributed by atoms with E-state index in [2.05, 4.69) is 42.0 Å². The van der Waals surface area contributed by atoms with Gasteiger partial charge in [0, 0.05) is 17.6 Å². The Bertz CT molecular complexity index is 875. The molecule has 0 bridgehead atoms. The number of hydrogen-bond acceptors (Lipinski definition) is 3. The molecule has 0 radical (unpaired) electrons. The first-order valence-electron chi connectivity index (χ1n) is 10.7. The van der Waals surface area contributed by atoms with Gasteiger partial charge in [0.05, 0.1) is 0 Å². The summed E-state index contributed by atoms with van der Waals surface area (Å²) in [6, 6.07) is 14.9. The third-order valence-corrected chi connectivity index (χ3v) is 5.53. The summed E-state index contributed by atoms with van der Waals surface area (Å²) in [4.78, 5) is 27.2. The number of ether oxygens (including phenoxy) is 1. The number of amides is 2. The van der Waals surface area contributed by atoms with Crippen LogP contribution in [0.5, 0.6) is 5.75 Å². The van der Waals surface area contributed by atoms with Crippen LogP contribution in [0.4, 0.5) is 0 Å². The van der Waals surface area contributed by atoms with E-state index in [1.165, 1.54) is 5.56 Å². The van der Waals surface area contributed by atoms with Crippen LogP contribution in [0.2, 0.25) is 0 Å². The first kappa shape index (κ1) is 24.9. The minimum absolute atomic E-state index is 0.0520. The predicted octanol–water partition coefficient (Wildman–Crippen LogP) is 5.07. The molecule has 0 fully saturated rings. The van der Waals surface area contributed by atoms with Crippen molar-refractivity contribution < 1.29 is 14.3 Å². The zero-order valence-corrected chi connectivity index (χ0v) is 20.7. The maximum Gasteiger partial charge on any atom is 0.261 e.